The molecule has 0 spiro atoms. The van der Waals surface area contributed by atoms with Gasteiger partial charge in [-0.3, -0.25) is 0 Å². The van der Waals surface area contributed by atoms with Gasteiger partial charge in [-0.05, 0) is 52.2 Å². The van der Waals surface area contributed by atoms with Crippen LogP contribution in [0.2, 0.25) is 0 Å². The zero-order valence-corrected chi connectivity index (χ0v) is 17.0. The molecule has 0 N–H and O–H groups in total. The lowest BCUT2D eigenvalue weighted by atomic mass is 9.83. The molecule has 2 atom stereocenters. The molecule has 0 fully saturated rings. The fourth-order valence-corrected chi connectivity index (χ4v) is 4.22. The molecule has 2 nitrogen and oxygen atoms in total. The van der Waals surface area contributed by atoms with Gasteiger partial charge >= 0.3 is 0 Å². The van der Waals surface area contributed by atoms with Crippen LogP contribution >= 0.6 is 31.9 Å². The molecule has 0 aliphatic rings. The smallest absolute Gasteiger partial charge is 0.133 e. The molecule has 0 saturated heterocycles. The van der Waals surface area contributed by atoms with E-state index in [4.69, 9.17) is 9.47 Å². The van der Waals surface area contributed by atoms with Crippen molar-refractivity contribution in [1.29, 1.82) is 0 Å². The van der Waals surface area contributed by atoms with Gasteiger partial charge in [-0.25, -0.2) is 0 Å². The lowest BCUT2D eigenvalue weighted by molar-refractivity contribution is 0.295. The van der Waals surface area contributed by atoms with Gasteiger partial charge in [0.25, 0.3) is 0 Å². The Labute approximate surface area is 145 Å². The molecule has 2 unspecified atom stereocenters. The molecule has 0 bridgehead atoms. The van der Waals surface area contributed by atoms with Crippen LogP contribution in [0.3, 0.4) is 0 Å². The van der Waals surface area contributed by atoms with E-state index in [1.807, 2.05) is 12.1 Å². The van der Waals surface area contributed by atoms with Crippen LogP contribution in [0.25, 0.3) is 0 Å². The zero-order valence-electron chi connectivity index (χ0n) is 13.8. The first-order chi connectivity index (χ1) is 9.67. The predicted molar refractivity (Wildman–Crippen MR) is 96.8 cm³/mol. The normalized spacial score (nSPS) is 14.7. The van der Waals surface area contributed by atoms with E-state index in [9.17, 15) is 0 Å². The summed E-state index contributed by atoms with van der Waals surface area (Å²) in [6.45, 7) is 9.17. The van der Waals surface area contributed by atoms with E-state index in [0.717, 1.165) is 28.0 Å². The van der Waals surface area contributed by atoms with Crippen molar-refractivity contribution in [1.82, 2.24) is 0 Å². The summed E-state index contributed by atoms with van der Waals surface area (Å²) in [5, 5.41) is 0. The molecular weight excluding hydrogens is 396 g/mol. The Morgan fingerprint density at radius 2 is 1.67 bits per heavy atom. The summed E-state index contributed by atoms with van der Waals surface area (Å²) in [5.41, 5.74) is 1.49. The largest absolute Gasteiger partial charge is 0.496 e. The Hall–Kier alpha value is -0.220. The highest BCUT2D eigenvalue weighted by Gasteiger charge is 2.22. The molecule has 1 rings (SSSR count). The number of ether oxygens (including phenoxy) is 2. The van der Waals surface area contributed by atoms with E-state index in [1.165, 1.54) is 6.42 Å². The van der Waals surface area contributed by atoms with Gasteiger partial charge in [-0.15, -0.1) is 0 Å². The van der Waals surface area contributed by atoms with Gasteiger partial charge in [0.15, 0.2) is 0 Å². The Bertz CT molecular complexity index is 467. The lowest BCUT2D eigenvalue weighted by Gasteiger charge is -2.25. The molecule has 0 aliphatic heterocycles. The van der Waals surface area contributed by atoms with E-state index < -0.39 is 0 Å². The molecule has 0 aliphatic carbocycles. The number of alkyl halides is 1. The van der Waals surface area contributed by atoms with Crippen LogP contribution in [0.15, 0.2) is 16.6 Å². The zero-order chi connectivity index (χ0) is 16.2. The molecule has 0 saturated carbocycles. The number of halogens is 2. The van der Waals surface area contributed by atoms with Crippen molar-refractivity contribution in [3.8, 4) is 11.5 Å². The van der Waals surface area contributed by atoms with Crippen LogP contribution in [0.4, 0.5) is 0 Å². The second-order valence-electron chi connectivity index (χ2n) is 6.80. The third kappa shape index (κ3) is 5.82. The van der Waals surface area contributed by atoms with Crippen molar-refractivity contribution in [3.05, 3.63) is 22.2 Å². The first kappa shape index (κ1) is 18.8. The molecule has 0 radical (unpaired) electrons. The van der Waals surface area contributed by atoms with E-state index >= 15 is 0 Å². The third-order valence-electron chi connectivity index (χ3n) is 3.41. The monoisotopic (exact) mass is 420 g/mol. The number of benzene rings is 1. The molecule has 1 aromatic carbocycles. The van der Waals surface area contributed by atoms with Crippen LogP contribution in [-0.4, -0.2) is 14.2 Å². The minimum atomic E-state index is 0.256. The van der Waals surface area contributed by atoms with E-state index in [2.05, 4.69) is 59.6 Å². The molecule has 120 valence electrons. The Morgan fingerprint density at radius 1 is 1.10 bits per heavy atom. The lowest BCUT2D eigenvalue weighted by Crippen LogP contribution is -2.12. The minimum Gasteiger partial charge on any atom is -0.496 e. The van der Waals surface area contributed by atoms with Gasteiger partial charge in [0.1, 0.15) is 11.5 Å². The summed E-state index contributed by atoms with van der Waals surface area (Å²) >= 11 is 7.32. The molecule has 21 heavy (non-hydrogen) atoms. The van der Waals surface area contributed by atoms with Crippen LogP contribution < -0.4 is 9.47 Å². The fourth-order valence-electron chi connectivity index (χ4n) is 2.74. The molecule has 1 aromatic rings. The van der Waals surface area contributed by atoms with E-state index in [1.54, 1.807) is 14.2 Å². The Morgan fingerprint density at radius 3 is 2.14 bits per heavy atom. The predicted octanol–water partition coefficient (Wildman–Crippen LogP) is 6.36. The third-order valence-corrected chi connectivity index (χ3v) is 4.90. The number of methoxy groups -OCH3 is 2. The highest BCUT2D eigenvalue weighted by atomic mass is 79.9. The Kier molecular flexibility index (Phi) is 7.05. The van der Waals surface area contributed by atoms with Crippen molar-refractivity contribution in [2.75, 3.05) is 14.2 Å². The summed E-state index contributed by atoms with van der Waals surface area (Å²) < 4.78 is 11.8. The van der Waals surface area contributed by atoms with Gasteiger partial charge in [-0.2, -0.15) is 0 Å². The maximum Gasteiger partial charge on any atom is 0.133 e. The van der Waals surface area contributed by atoms with E-state index in [0.29, 0.717) is 11.3 Å². The van der Waals surface area contributed by atoms with Crippen LogP contribution in [0, 0.1) is 11.3 Å². The molecular formula is C17H26Br2O2. The van der Waals surface area contributed by atoms with Crippen LogP contribution in [0.5, 0.6) is 11.5 Å². The first-order valence-electron chi connectivity index (χ1n) is 7.23. The maximum absolute atomic E-state index is 5.51. The fraction of sp³-hybridized carbons (Fsp3) is 0.647. The number of hydrogen-bond donors (Lipinski definition) is 0. The second-order valence-corrected chi connectivity index (χ2v) is 8.76. The van der Waals surface area contributed by atoms with Crippen LogP contribution in [-0.2, 0) is 0 Å². The standard InChI is InChI=1S/C17H26Br2O2/c1-11(10-17(2,3)4)7-13(18)12-8-16(21-6)14(19)9-15(12)20-5/h8-9,11,13H,7,10H2,1-6H3. The average molecular weight is 422 g/mol. The summed E-state index contributed by atoms with van der Waals surface area (Å²) in [6.07, 6.45) is 2.27. The molecule has 4 heteroatoms. The van der Waals surface area contributed by atoms with Gasteiger partial charge in [0.2, 0.25) is 0 Å². The van der Waals surface area contributed by atoms with Crippen molar-refractivity contribution < 1.29 is 9.47 Å². The summed E-state index contributed by atoms with van der Waals surface area (Å²) in [4.78, 5) is 0.256. The molecule has 0 aromatic heterocycles. The summed E-state index contributed by atoms with van der Waals surface area (Å²) in [5.74, 6) is 2.35. The van der Waals surface area contributed by atoms with Gasteiger partial charge in [-0.1, -0.05) is 43.6 Å². The van der Waals surface area contributed by atoms with Gasteiger partial charge < -0.3 is 9.47 Å². The number of rotatable bonds is 6. The minimum absolute atomic E-state index is 0.256. The summed E-state index contributed by atoms with van der Waals surface area (Å²) in [6, 6.07) is 4.02. The topological polar surface area (TPSA) is 18.5 Å². The van der Waals surface area contributed by atoms with E-state index in [-0.39, 0.29) is 4.83 Å². The average Bonchev–Trinajstić information content (AvgIpc) is 2.35. The van der Waals surface area contributed by atoms with Crippen molar-refractivity contribution in [3.63, 3.8) is 0 Å². The second kappa shape index (κ2) is 7.87. The first-order valence-corrected chi connectivity index (χ1v) is 8.94. The highest BCUT2D eigenvalue weighted by Crippen LogP contribution is 2.42. The highest BCUT2D eigenvalue weighted by molar-refractivity contribution is 9.10. The van der Waals surface area contributed by atoms with Gasteiger partial charge in [0.05, 0.1) is 18.7 Å². The van der Waals surface area contributed by atoms with Crippen LogP contribution in [0.1, 0.15) is 50.9 Å². The quantitative estimate of drug-likeness (QED) is 0.497. The SMILES string of the molecule is COc1cc(C(Br)CC(C)CC(C)(C)C)c(OC)cc1Br. The number of hydrogen-bond acceptors (Lipinski definition) is 2. The molecule has 0 heterocycles. The van der Waals surface area contributed by atoms with Gasteiger partial charge in [0, 0.05) is 10.4 Å². The summed E-state index contributed by atoms with van der Waals surface area (Å²) in [7, 11) is 3.39. The molecule has 0 amide bonds. The van der Waals surface area contributed by atoms with Crippen molar-refractivity contribution >= 4 is 31.9 Å². The Balaban J connectivity index is 2.93. The van der Waals surface area contributed by atoms with Crippen molar-refractivity contribution in [2.45, 2.75) is 45.4 Å². The van der Waals surface area contributed by atoms with Crippen molar-refractivity contribution in [2.24, 2.45) is 11.3 Å². The maximum atomic E-state index is 5.51.